The molecule has 1 aliphatic heterocycles. The summed E-state index contributed by atoms with van der Waals surface area (Å²) in [5.74, 6) is -0.990. The van der Waals surface area contributed by atoms with E-state index in [2.05, 4.69) is 15.6 Å². The molecule has 1 fully saturated rings. The number of halogens is 1. The predicted octanol–water partition coefficient (Wildman–Crippen LogP) is 0.860. The first kappa shape index (κ1) is 13.2. The van der Waals surface area contributed by atoms with Crippen LogP contribution in [0.15, 0.2) is 12.1 Å². The maximum atomic E-state index is 11.6. The van der Waals surface area contributed by atoms with Crippen molar-refractivity contribution in [3.63, 3.8) is 0 Å². The number of piperidine rings is 1. The Morgan fingerprint density at radius 1 is 1.47 bits per heavy atom. The smallest absolute Gasteiger partial charge is 0.311 e. The van der Waals surface area contributed by atoms with E-state index in [9.17, 15) is 19.7 Å². The van der Waals surface area contributed by atoms with Crippen molar-refractivity contribution in [2.45, 2.75) is 18.9 Å². The molecule has 100 valence electrons. The molecule has 2 heterocycles. The lowest BCUT2D eigenvalue weighted by atomic mass is 10.1. The quantitative estimate of drug-likeness (QED) is 0.368. The number of nitrogens with zero attached hydrogens (tertiary/aromatic N) is 2. The van der Waals surface area contributed by atoms with Gasteiger partial charge < -0.3 is 5.32 Å². The SMILES string of the molecule is O=C1CCC(Nc2nc(Cl)ccc2[N+](=O)[O-])C(=O)N1. The highest BCUT2D eigenvalue weighted by Crippen LogP contribution is 2.25. The molecule has 2 N–H and O–H groups in total. The Morgan fingerprint density at radius 2 is 2.21 bits per heavy atom. The van der Waals surface area contributed by atoms with E-state index in [-0.39, 0.29) is 35.4 Å². The van der Waals surface area contributed by atoms with Gasteiger partial charge in [0.1, 0.15) is 11.2 Å². The molecule has 1 aromatic rings. The van der Waals surface area contributed by atoms with Crippen molar-refractivity contribution in [2.75, 3.05) is 5.32 Å². The first-order chi connectivity index (χ1) is 8.97. The van der Waals surface area contributed by atoms with Crippen LogP contribution in [0.2, 0.25) is 5.15 Å². The summed E-state index contributed by atoms with van der Waals surface area (Å²) in [6.45, 7) is 0. The summed E-state index contributed by atoms with van der Waals surface area (Å²) in [5.41, 5.74) is -0.283. The fourth-order valence-electron chi connectivity index (χ4n) is 1.68. The fourth-order valence-corrected chi connectivity index (χ4v) is 1.83. The lowest BCUT2D eigenvalue weighted by Crippen LogP contribution is -2.47. The number of anilines is 1. The number of carbonyl (C=O) groups is 2. The maximum absolute atomic E-state index is 11.6. The zero-order valence-electron chi connectivity index (χ0n) is 9.55. The van der Waals surface area contributed by atoms with Gasteiger partial charge >= 0.3 is 5.69 Å². The number of hydrogen-bond donors (Lipinski definition) is 2. The van der Waals surface area contributed by atoms with Gasteiger partial charge in [0, 0.05) is 12.5 Å². The van der Waals surface area contributed by atoms with E-state index in [1.807, 2.05) is 0 Å². The minimum absolute atomic E-state index is 0.0698. The number of rotatable bonds is 3. The first-order valence-corrected chi connectivity index (χ1v) is 5.76. The Balaban J connectivity index is 2.23. The topological polar surface area (TPSA) is 114 Å². The molecule has 0 radical (unpaired) electrons. The predicted molar refractivity (Wildman–Crippen MR) is 65.7 cm³/mol. The third-order valence-corrected chi connectivity index (χ3v) is 2.80. The third kappa shape index (κ3) is 2.97. The standard InChI is InChI=1S/C10H9ClN4O4/c11-7-3-2-6(15(18)19)9(13-7)12-5-1-4-8(16)14-10(5)17/h2-3,5H,1,4H2,(H,12,13)(H,14,16,17). The van der Waals surface area contributed by atoms with Gasteiger partial charge in [-0.2, -0.15) is 0 Å². The van der Waals surface area contributed by atoms with E-state index in [1.54, 1.807) is 0 Å². The molecular formula is C10H9ClN4O4. The van der Waals surface area contributed by atoms with Crippen LogP contribution in [0, 0.1) is 10.1 Å². The molecule has 1 saturated heterocycles. The second-order valence-electron chi connectivity index (χ2n) is 3.91. The molecular weight excluding hydrogens is 276 g/mol. The highest BCUT2D eigenvalue weighted by molar-refractivity contribution is 6.29. The number of aromatic nitrogens is 1. The third-order valence-electron chi connectivity index (χ3n) is 2.59. The van der Waals surface area contributed by atoms with Crippen molar-refractivity contribution in [3.05, 3.63) is 27.4 Å². The van der Waals surface area contributed by atoms with Crippen molar-refractivity contribution in [3.8, 4) is 0 Å². The Bertz CT molecular complexity index is 562. The normalized spacial score (nSPS) is 18.9. The van der Waals surface area contributed by atoms with Crippen LogP contribution in [0.3, 0.4) is 0 Å². The average molecular weight is 285 g/mol. The molecule has 0 aliphatic carbocycles. The second kappa shape index (κ2) is 5.19. The Hall–Kier alpha value is -2.22. The van der Waals surface area contributed by atoms with Crippen LogP contribution in [-0.4, -0.2) is 27.8 Å². The summed E-state index contributed by atoms with van der Waals surface area (Å²) < 4.78 is 0. The largest absolute Gasteiger partial charge is 0.353 e. The number of hydrogen-bond acceptors (Lipinski definition) is 6. The molecule has 2 rings (SSSR count). The molecule has 0 aromatic carbocycles. The summed E-state index contributed by atoms with van der Waals surface area (Å²) >= 11 is 5.67. The minimum Gasteiger partial charge on any atom is -0.353 e. The van der Waals surface area contributed by atoms with E-state index >= 15 is 0 Å². The van der Waals surface area contributed by atoms with Gasteiger partial charge in [0.15, 0.2) is 0 Å². The number of amides is 2. The van der Waals surface area contributed by atoms with Gasteiger partial charge in [0.05, 0.1) is 4.92 Å². The van der Waals surface area contributed by atoms with Gasteiger partial charge in [-0.25, -0.2) is 4.98 Å². The first-order valence-electron chi connectivity index (χ1n) is 5.38. The van der Waals surface area contributed by atoms with Crippen LogP contribution in [0.25, 0.3) is 0 Å². The van der Waals surface area contributed by atoms with Crippen molar-refractivity contribution >= 4 is 34.9 Å². The molecule has 0 saturated carbocycles. The minimum atomic E-state index is -0.748. The molecule has 19 heavy (non-hydrogen) atoms. The summed E-state index contributed by atoms with van der Waals surface area (Å²) in [5, 5.41) is 15.7. The van der Waals surface area contributed by atoms with E-state index in [1.165, 1.54) is 12.1 Å². The number of nitrogens with one attached hydrogen (secondary N) is 2. The fraction of sp³-hybridized carbons (Fsp3) is 0.300. The molecule has 1 aromatic heterocycles. The van der Waals surface area contributed by atoms with Crippen LogP contribution in [-0.2, 0) is 9.59 Å². The lowest BCUT2D eigenvalue weighted by Gasteiger charge is -2.22. The van der Waals surface area contributed by atoms with Gasteiger partial charge in [0.2, 0.25) is 17.6 Å². The summed E-state index contributed by atoms with van der Waals surface area (Å²) in [6, 6.07) is 1.74. The van der Waals surface area contributed by atoms with E-state index < -0.39 is 16.9 Å². The molecule has 2 amide bonds. The number of imide groups is 1. The van der Waals surface area contributed by atoms with Crippen LogP contribution < -0.4 is 10.6 Å². The van der Waals surface area contributed by atoms with E-state index in [0.29, 0.717) is 0 Å². The molecule has 1 atom stereocenters. The van der Waals surface area contributed by atoms with Gasteiger partial charge in [-0.3, -0.25) is 25.0 Å². The Morgan fingerprint density at radius 3 is 2.84 bits per heavy atom. The summed E-state index contributed by atoms with van der Waals surface area (Å²) in [6.07, 6.45) is 0.411. The van der Waals surface area contributed by atoms with Crippen LogP contribution >= 0.6 is 11.6 Å². The van der Waals surface area contributed by atoms with Crippen molar-refractivity contribution in [1.82, 2.24) is 10.3 Å². The molecule has 0 bridgehead atoms. The lowest BCUT2D eigenvalue weighted by molar-refractivity contribution is -0.384. The molecule has 0 spiro atoms. The zero-order chi connectivity index (χ0) is 14.0. The van der Waals surface area contributed by atoms with E-state index in [0.717, 1.165) is 0 Å². The van der Waals surface area contributed by atoms with Gasteiger partial charge in [-0.05, 0) is 12.5 Å². The molecule has 8 nitrogen and oxygen atoms in total. The maximum Gasteiger partial charge on any atom is 0.311 e. The van der Waals surface area contributed by atoms with Crippen LogP contribution in [0.1, 0.15) is 12.8 Å². The highest BCUT2D eigenvalue weighted by atomic mass is 35.5. The number of nitro groups is 1. The van der Waals surface area contributed by atoms with Crippen molar-refractivity contribution in [1.29, 1.82) is 0 Å². The van der Waals surface area contributed by atoms with Gasteiger partial charge in [-0.15, -0.1) is 0 Å². The number of pyridine rings is 1. The van der Waals surface area contributed by atoms with Crippen LogP contribution in [0.4, 0.5) is 11.5 Å². The van der Waals surface area contributed by atoms with Gasteiger partial charge in [0.25, 0.3) is 0 Å². The Labute approximate surface area is 112 Å². The molecule has 9 heteroatoms. The van der Waals surface area contributed by atoms with E-state index in [4.69, 9.17) is 11.6 Å². The Kier molecular flexibility index (Phi) is 3.61. The second-order valence-corrected chi connectivity index (χ2v) is 4.29. The summed E-state index contributed by atoms with van der Waals surface area (Å²) in [4.78, 5) is 36.5. The molecule has 1 unspecified atom stereocenters. The zero-order valence-corrected chi connectivity index (χ0v) is 10.3. The molecule has 1 aliphatic rings. The van der Waals surface area contributed by atoms with Gasteiger partial charge in [-0.1, -0.05) is 11.6 Å². The summed E-state index contributed by atoms with van der Waals surface area (Å²) in [7, 11) is 0. The van der Waals surface area contributed by atoms with Crippen molar-refractivity contribution in [2.24, 2.45) is 0 Å². The van der Waals surface area contributed by atoms with Crippen LogP contribution in [0.5, 0.6) is 0 Å². The van der Waals surface area contributed by atoms with Crippen molar-refractivity contribution < 1.29 is 14.5 Å². The highest BCUT2D eigenvalue weighted by Gasteiger charge is 2.29. The monoisotopic (exact) mass is 284 g/mol. The average Bonchev–Trinajstić information content (AvgIpc) is 2.32. The number of carbonyl (C=O) groups excluding carboxylic acids is 2.